The van der Waals surface area contributed by atoms with Crippen molar-refractivity contribution in [3.05, 3.63) is 33.8 Å². The highest BCUT2D eigenvalue weighted by Gasteiger charge is 2.16. The van der Waals surface area contributed by atoms with Crippen LogP contribution in [0.4, 0.5) is 8.78 Å². The minimum absolute atomic E-state index is 0.0723. The topological polar surface area (TPSA) is 41.5 Å². The number of aliphatic hydroxyl groups excluding tert-OH is 1. The van der Waals surface area contributed by atoms with Crippen molar-refractivity contribution in [2.75, 3.05) is 26.8 Å². The van der Waals surface area contributed by atoms with E-state index < -0.39 is 17.7 Å². The Morgan fingerprint density at radius 2 is 2.17 bits per heavy atom. The maximum atomic E-state index is 13.6. The third-order valence-corrected chi connectivity index (χ3v) is 3.05. The molecule has 0 saturated carbocycles. The van der Waals surface area contributed by atoms with Crippen molar-refractivity contribution in [3.63, 3.8) is 0 Å². The molecule has 0 heterocycles. The first-order chi connectivity index (χ1) is 8.56. The van der Waals surface area contributed by atoms with Crippen LogP contribution in [0.3, 0.4) is 0 Å². The summed E-state index contributed by atoms with van der Waals surface area (Å²) in [4.78, 5) is 0. The number of nitrogens with one attached hydrogen (secondary N) is 1. The molecule has 0 aromatic heterocycles. The molecular weight excluding hydrogens is 308 g/mol. The molecule has 0 aliphatic carbocycles. The van der Waals surface area contributed by atoms with Gasteiger partial charge in [0.2, 0.25) is 0 Å². The van der Waals surface area contributed by atoms with Gasteiger partial charge in [0.1, 0.15) is 11.6 Å². The fourth-order valence-corrected chi connectivity index (χ4v) is 1.88. The molecule has 18 heavy (non-hydrogen) atoms. The lowest BCUT2D eigenvalue weighted by Gasteiger charge is -2.13. The summed E-state index contributed by atoms with van der Waals surface area (Å²) in [5.74, 6) is -1.31. The largest absolute Gasteiger partial charge is 0.391 e. The minimum Gasteiger partial charge on any atom is -0.391 e. The Balaban J connectivity index is 2.54. The van der Waals surface area contributed by atoms with Crippen molar-refractivity contribution in [2.24, 2.45) is 0 Å². The van der Waals surface area contributed by atoms with Gasteiger partial charge < -0.3 is 15.2 Å². The summed E-state index contributed by atoms with van der Waals surface area (Å²) in [6.45, 7) is 1.36. The Bertz CT molecular complexity index is 391. The normalized spacial score (nSPS) is 12.7. The Morgan fingerprint density at radius 3 is 2.83 bits per heavy atom. The van der Waals surface area contributed by atoms with Gasteiger partial charge in [0.15, 0.2) is 0 Å². The molecule has 0 spiro atoms. The zero-order valence-electron chi connectivity index (χ0n) is 10.0. The molecular formula is C12H16BrF2NO2. The first-order valence-corrected chi connectivity index (χ1v) is 6.35. The van der Waals surface area contributed by atoms with Crippen LogP contribution >= 0.6 is 15.9 Å². The molecule has 1 unspecified atom stereocenters. The van der Waals surface area contributed by atoms with Crippen LogP contribution < -0.4 is 5.32 Å². The Hall–Kier alpha value is -0.560. The van der Waals surface area contributed by atoms with E-state index >= 15 is 0 Å². The van der Waals surface area contributed by atoms with E-state index in [2.05, 4.69) is 21.2 Å². The second kappa shape index (κ2) is 7.78. The Kier molecular flexibility index (Phi) is 6.70. The number of halogens is 3. The van der Waals surface area contributed by atoms with Gasteiger partial charge in [0.25, 0.3) is 0 Å². The van der Waals surface area contributed by atoms with Crippen LogP contribution in [0.25, 0.3) is 0 Å². The number of hydrogen-bond acceptors (Lipinski definition) is 3. The van der Waals surface area contributed by atoms with Crippen molar-refractivity contribution >= 4 is 15.9 Å². The van der Waals surface area contributed by atoms with E-state index in [9.17, 15) is 13.9 Å². The Morgan fingerprint density at radius 1 is 1.44 bits per heavy atom. The first-order valence-electron chi connectivity index (χ1n) is 5.56. The summed E-state index contributed by atoms with van der Waals surface area (Å²) in [5.41, 5.74) is -0.106. The smallest absolute Gasteiger partial charge is 0.143 e. The molecule has 1 aromatic rings. The van der Waals surface area contributed by atoms with E-state index in [-0.39, 0.29) is 23.0 Å². The van der Waals surface area contributed by atoms with Gasteiger partial charge in [0.05, 0.1) is 17.2 Å². The lowest BCUT2D eigenvalue weighted by Crippen LogP contribution is -2.31. The van der Waals surface area contributed by atoms with Crippen molar-refractivity contribution in [1.82, 2.24) is 5.32 Å². The van der Waals surface area contributed by atoms with Crippen LogP contribution in [-0.2, 0) is 11.2 Å². The zero-order valence-corrected chi connectivity index (χ0v) is 11.6. The molecule has 1 aromatic carbocycles. The molecule has 0 radical (unpaired) electrons. The molecule has 0 aliphatic rings. The fourth-order valence-electron chi connectivity index (χ4n) is 1.51. The third kappa shape index (κ3) is 4.61. The molecule has 0 aliphatic heterocycles. The van der Waals surface area contributed by atoms with Gasteiger partial charge in [-0.1, -0.05) is 0 Å². The van der Waals surface area contributed by atoms with Crippen LogP contribution in [-0.4, -0.2) is 38.0 Å². The quantitative estimate of drug-likeness (QED) is 0.594. The van der Waals surface area contributed by atoms with E-state index in [0.717, 1.165) is 0 Å². The van der Waals surface area contributed by atoms with Gasteiger partial charge in [-0.05, 0) is 28.1 Å². The summed E-state index contributed by atoms with van der Waals surface area (Å²) < 4.78 is 32.1. The number of aliphatic hydroxyl groups is 1. The molecule has 102 valence electrons. The van der Waals surface area contributed by atoms with Crippen molar-refractivity contribution < 1.29 is 18.6 Å². The highest BCUT2D eigenvalue weighted by Crippen LogP contribution is 2.22. The average Bonchev–Trinajstić information content (AvgIpc) is 2.35. The predicted molar refractivity (Wildman–Crippen MR) is 68.5 cm³/mol. The van der Waals surface area contributed by atoms with Crippen LogP contribution in [0.2, 0.25) is 0 Å². The first kappa shape index (κ1) is 15.5. The molecule has 1 rings (SSSR count). The third-order valence-electron chi connectivity index (χ3n) is 2.44. The second-order valence-electron chi connectivity index (χ2n) is 3.88. The van der Waals surface area contributed by atoms with E-state index in [1.165, 1.54) is 12.1 Å². The van der Waals surface area contributed by atoms with Gasteiger partial charge in [-0.25, -0.2) is 8.78 Å². The minimum atomic E-state index is -0.847. The summed E-state index contributed by atoms with van der Waals surface area (Å²) in [6, 6.07) is 2.48. The molecule has 1 atom stereocenters. The van der Waals surface area contributed by atoms with Gasteiger partial charge in [-0.3, -0.25) is 0 Å². The summed E-state index contributed by atoms with van der Waals surface area (Å²) in [6.07, 6.45) is -0.919. The molecule has 0 amide bonds. The van der Waals surface area contributed by atoms with Crippen molar-refractivity contribution in [3.8, 4) is 0 Å². The zero-order chi connectivity index (χ0) is 13.5. The van der Waals surface area contributed by atoms with Crippen LogP contribution in [0.5, 0.6) is 0 Å². The highest BCUT2D eigenvalue weighted by atomic mass is 79.9. The number of ether oxygens (including phenoxy) is 1. The highest BCUT2D eigenvalue weighted by molar-refractivity contribution is 9.10. The van der Waals surface area contributed by atoms with Gasteiger partial charge >= 0.3 is 0 Å². The Labute approximate surface area is 113 Å². The summed E-state index contributed by atoms with van der Waals surface area (Å²) in [7, 11) is 1.57. The van der Waals surface area contributed by atoms with Crippen LogP contribution in [0.1, 0.15) is 5.56 Å². The van der Waals surface area contributed by atoms with E-state index in [1.54, 1.807) is 7.11 Å². The fraction of sp³-hybridized carbons (Fsp3) is 0.500. The molecule has 0 bridgehead atoms. The number of rotatable bonds is 7. The lowest BCUT2D eigenvalue weighted by atomic mass is 10.1. The van der Waals surface area contributed by atoms with Gasteiger partial charge in [-0.15, -0.1) is 0 Å². The van der Waals surface area contributed by atoms with E-state index in [0.29, 0.717) is 13.2 Å². The summed E-state index contributed by atoms with van der Waals surface area (Å²) >= 11 is 2.99. The number of hydrogen-bond donors (Lipinski definition) is 2. The molecule has 0 saturated heterocycles. The lowest BCUT2D eigenvalue weighted by molar-refractivity contribution is 0.158. The standard InChI is InChI=1S/C12H16BrF2NO2/c1-18-5-4-16-7-8(17)6-9-11(14)3-2-10(13)12(9)15/h2-3,8,16-17H,4-7H2,1H3. The molecule has 0 fully saturated rings. The van der Waals surface area contributed by atoms with Gasteiger partial charge in [0, 0.05) is 32.2 Å². The van der Waals surface area contributed by atoms with Crippen molar-refractivity contribution in [2.45, 2.75) is 12.5 Å². The average molecular weight is 324 g/mol. The number of methoxy groups -OCH3 is 1. The van der Waals surface area contributed by atoms with E-state index in [4.69, 9.17) is 4.74 Å². The maximum Gasteiger partial charge on any atom is 0.143 e. The van der Waals surface area contributed by atoms with E-state index in [1.807, 2.05) is 0 Å². The number of benzene rings is 1. The second-order valence-corrected chi connectivity index (χ2v) is 4.73. The maximum absolute atomic E-state index is 13.6. The molecule has 2 N–H and O–H groups in total. The van der Waals surface area contributed by atoms with Gasteiger partial charge in [-0.2, -0.15) is 0 Å². The van der Waals surface area contributed by atoms with Crippen LogP contribution in [0.15, 0.2) is 16.6 Å². The van der Waals surface area contributed by atoms with Crippen molar-refractivity contribution in [1.29, 1.82) is 0 Å². The predicted octanol–water partition coefficient (Wildman–Crippen LogP) is 1.87. The summed E-state index contributed by atoms with van der Waals surface area (Å²) in [5, 5.41) is 12.6. The van der Waals surface area contributed by atoms with Crippen LogP contribution in [0, 0.1) is 11.6 Å². The molecule has 3 nitrogen and oxygen atoms in total. The monoisotopic (exact) mass is 323 g/mol. The SMILES string of the molecule is COCCNCC(O)Cc1c(F)ccc(Br)c1F. The molecule has 6 heteroatoms.